The summed E-state index contributed by atoms with van der Waals surface area (Å²) in [4.78, 5) is 50.3. The normalized spacial score (nSPS) is 13.9. The fraction of sp³-hybridized carbons (Fsp3) is 0.294. The van der Waals surface area contributed by atoms with Gasteiger partial charge in [0.15, 0.2) is 0 Å². The fourth-order valence-corrected chi connectivity index (χ4v) is 2.76. The van der Waals surface area contributed by atoms with E-state index < -0.39 is 11.2 Å². The maximum absolute atomic E-state index is 12.1. The Morgan fingerprint density at radius 2 is 2.04 bits per heavy atom. The highest BCUT2D eigenvalue weighted by Crippen LogP contribution is 2.17. The molecule has 25 heavy (non-hydrogen) atoms. The second-order valence-electron chi connectivity index (χ2n) is 5.91. The summed E-state index contributed by atoms with van der Waals surface area (Å²) in [5.41, 5.74) is 0.371. The van der Waals surface area contributed by atoms with Crippen LogP contribution in [0.15, 0.2) is 46.1 Å². The van der Waals surface area contributed by atoms with E-state index in [0.29, 0.717) is 18.7 Å². The van der Waals surface area contributed by atoms with Crippen LogP contribution in [0, 0.1) is 0 Å². The van der Waals surface area contributed by atoms with Crippen LogP contribution in [-0.2, 0) is 22.7 Å². The van der Waals surface area contributed by atoms with E-state index in [-0.39, 0.29) is 18.4 Å². The first-order chi connectivity index (χ1) is 12.0. The topological polar surface area (TPSA) is 104 Å². The van der Waals surface area contributed by atoms with Crippen LogP contribution in [0.3, 0.4) is 0 Å². The highest BCUT2D eigenvalue weighted by atomic mass is 16.2. The SMILES string of the molecule is O=C(Cn1ccc(=O)[nH]c1=O)Nc1cccc(CN2CCCC2=O)c1. The molecule has 3 rings (SSSR count). The number of rotatable bonds is 5. The predicted octanol–water partition coefficient (Wildman–Crippen LogP) is 0.298. The molecule has 2 heterocycles. The smallest absolute Gasteiger partial charge is 0.328 e. The van der Waals surface area contributed by atoms with Crippen LogP contribution in [0.1, 0.15) is 18.4 Å². The Balaban J connectivity index is 1.65. The van der Waals surface area contributed by atoms with Crippen molar-refractivity contribution >= 4 is 17.5 Å². The number of anilines is 1. The van der Waals surface area contributed by atoms with Gasteiger partial charge in [0.25, 0.3) is 5.56 Å². The van der Waals surface area contributed by atoms with E-state index in [4.69, 9.17) is 0 Å². The molecule has 0 saturated carbocycles. The number of aromatic nitrogens is 2. The molecule has 0 aliphatic carbocycles. The molecule has 1 aromatic heterocycles. The van der Waals surface area contributed by atoms with Crippen molar-refractivity contribution in [1.82, 2.24) is 14.5 Å². The number of likely N-dealkylation sites (tertiary alicyclic amines) is 1. The van der Waals surface area contributed by atoms with Gasteiger partial charge in [-0.25, -0.2) is 4.79 Å². The molecule has 8 nitrogen and oxygen atoms in total. The Labute approximate surface area is 143 Å². The third-order valence-corrected chi connectivity index (χ3v) is 3.97. The zero-order valence-electron chi connectivity index (χ0n) is 13.5. The minimum absolute atomic E-state index is 0.145. The lowest BCUT2D eigenvalue weighted by Gasteiger charge is -2.16. The number of nitrogens with zero attached hydrogens (tertiary/aromatic N) is 2. The third kappa shape index (κ3) is 4.23. The molecule has 0 atom stereocenters. The summed E-state index contributed by atoms with van der Waals surface area (Å²) in [5, 5.41) is 2.71. The average Bonchev–Trinajstić information content (AvgIpc) is 2.95. The summed E-state index contributed by atoms with van der Waals surface area (Å²) in [6.07, 6.45) is 2.74. The van der Waals surface area contributed by atoms with E-state index in [2.05, 4.69) is 10.3 Å². The summed E-state index contributed by atoms with van der Waals surface area (Å²) in [6.45, 7) is 1.07. The predicted molar refractivity (Wildman–Crippen MR) is 91.0 cm³/mol. The minimum atomic E-state index is -0.635. The van der Waals surface area contributed by atoms with Gasteiger partial charge in [0, 0.05) is 37.5 Å². The molecule has 1 aliphatic rings. The second-order valence-corrected chi connectivity index (χ2v) is 5.91. The molecule has 1 saturated heterocycles. The average molecular weight is 342 g/mol. The molecular weight excluding hydrogens is 324 g/mol. The van der Waals surface area contributed by atoms with Gasteiger partial charge in [-0.2, -0.15) is 0 Å². The summed E-state index contributed by atoms with van der Waals surface area (Å²) < 4.78 is 1.11. The van der Waals surface area contributed by atoms with Crippen molar-refractivity contribution < 1.29 is 9.59 Å². The van der Waals surface area contributed by atoms with Crippen LogP contribution >= 0.6 is 0 Å². The minimum Gasteiger partial charge on any atom is -0.338 e. The number of hydrogen-bond acceptors (Lipinski definition) is 4. The van der Waals surface area contributed by atoms with Crippen LogP contribution in [-0.4, -0.2) is 32.8 Å². The molecule has 1 aliphatic heterocycles. The molecule has 0 bridgehead atoms. The molecule has 1 aromatic carbocycles. The van der Waals surface area contributed by atoms with Crippen molar-refractivity contribution in [3.8, 4) is 0 Å². The molecule has 2 amide bonds. The monoisotopic (exact) mass is 342 g/mol. The lowest BCUT2D eigenvalue weighted by atomic mass is 10.2. The fourth-order valence-electron chi connectivity index (χ4n) is 2.76. The molecule has 130 valence electrons. The quantitative estimate of drug-likeness (QED) is 0.815. The Bertz CT molecular complexity index is 915. The Hall–Kier alpha value is -3.16. The molecule has 0 radical (unpaired) electrons. The van der Waals surface area contributed by atoms with E-state index in [0.717, 1.165) is 23.1 Å². The Morgan fingerprint density at radius 1 is 1.20 bits per heavy atom. The number of aromatic amines is 1. The molecule has 2 N–H and O–H groups in total. The molecular formula is C17H18N4O4. The van der Waals surface area contributed by atoms with Gasteiger partial charge in [0.2, 0.25) is 11.8 Å². The van der Waals surface area contributed by atoms with Crippen LogP contribution < -0.4 is 16.6 Å². The maximum Gasteiger partial charge on any atom is 0.328 e. The number of benzene rings is 1. The summed E-state index contributed by atoms with van der Waals surface area (Å²) in [6, 6.07) is 8.43. The van der Waals surface area contributed by atoms with Crippen molar-refractivity contribution in [2.75, 3.05) is 11.9 Å². The third-order valence-electron chi connectivity index (χ3n) is 3.97. The molecule has 8 heteroatoms. The van der Waals surface area contributed by atoms with Gasteiger partial charge in [-0.1, -0.05) is 12.1 Å². The largest absolute Gasteiger partial charge is 0.338 e. The molecule has 0 spiro atoms. The zero-order valence-corrected chi connectivity index (χ0v) is 13.5. The number of hydrogen-bond donors (Lipinski definition) is 2. The van der Waals surface area contributed by atoms with Crippen molar-refractivity contribution in [3.63, 3.8) is 0 Å². The highest BCUT2D eigenvalue weighted by Gasteiger charge is 2.20. The van der Waals surface area contributed by atoms with Gasteiger partial charge in [-0.3, -0.25) is 23.9 Å². The first-order valence-corrected chi connectivity index (χ1v) is 7.97. The second kappa shape index (κ2) is 7.16. The standard InChI is InChI=1S/C17H18N4O4/c22-14-6-8-21(17(25)19-14)11-15(23)18-13-4-1-3-12(9-13)10-20-7-2-5-16(20)24/h1,3-4,6,8-9H,2,5,7,10-11H2,(H,18,23)(H,19,22,25). The molecule has 1 fully saturated rings. The van der Waals surface area contributed by atoms with Gasteiger partial charge in [0.1, 0.15) is 6.54 Å². The Morgan fingerprint density at radius 3 is 2.76 bits per heavy atom. The van der Waals surface area contributed by atoms with E-state index in [1.54, 1.807) is 23.1 Å². The van der Waals surface area contributed by atoms with Crippen molar-refractivity contribution in [3.05, 3.63) is 62.9 Å². The van der Waals surface area contributed by atoms with Crippen LogP contribution in [0.2, 0.25) is 0 Å². The van der Waals surface area contributed by atoms with Crippen LogP contribution in [0.4, 0.5) is 5.69 Å². The first kappa shape index (κ1) is 16.7. The van der Waals surface area contributed by atoms with E-state index in [9.17, 15) is 19.2 Å². The zero-order chi connectivity index (χ0) is 17.8. The number of nitrogens with one attached hydrogen (secondary N) is 2. The van der Waals surface area contributed by atoms with E-state index >= 15 is 0 Å². The van der Waals surface area contributed by atoms with Crippen molar-refractivity contribution in [1.29, 1.82) is 0 Å². The van der Waals surface area contributed by atoms with Crippen LogP contribution in [0.25, 0.3) is 0 Å². The first-order valence-electron chi connectivity index (χ1n) is 7.97. The van der Waals surface area contributed by atoms with Crippen molar-refractivity contribution in [2.45, 2.75) is 25.9 Å². The van der Waals surface area contributed by atoms with Gasteiger partial charge < -0.3 is 10.2 Å². The molecule has 0 unspecified atom stereocenters. The van der Waals surface area contributed by atoms with Gasteiger partial charge in [-0.05, 0) is 24.1 Å². The van der Waals surface area contributed by atoms with Crippen LogP contribution in [0.5, 0.6) is 0 Å². The van der Waals surface area contributed by atoms with Gasteiger partial charge >= 0.3 is 5.69 Å². The van der Waals surface area contributed by atoms with Gasteiger partial charge in [0.05, 0.1) is 0 Å². The molecule has 2 aromatic rings. The number of carbonyl (C=O) groups is 2. The summed E-state index contributed by atoms with van der Waals surface area (Å²) in [7, 11) is 0. The summed E-state index contributed by atoms with van der Waals surface area (Å²) >= 11 is 0. The maximum atomic E-state index is 12.1. The van der Waals surface area contributed by atoms with Gasteiger partial charge in [-0.15, -0.1) is 0 Å². The summed E-state index contributed by atoms with van der Waals surface area (Å²) in [5.74, 6) is -0.240. The lowest BCUT2D eigenvalue weighted by Crippen LogP contribution is -2.32. The Kier molecular flexibility index (Phi) is 4.78. The highest BCUT2D eigenvalue weighted by molar-refractivity contribution is 5.90. The number of carbonyl (C=O) groups excluding carboxylic acids is 2. The number of amides is 2. The van der Waals surface area contributed by atoms with E-state index in [1.165, 1.54) is 12.3 Å². The van der Waals surface area contributed by atoms with Crippen molar-refractivity contribution in [2.24, 2.45) is 0 Å². The van der Waals surface area contributed by atoms with E-state index in [1.807, 2.05) is 6.07 Å². The lowest BCUT2D eigenvalue weighted by molar-refractivity contribution is -0.128. The number of H-pyrrole nitrogens is 1.